The summed E-state index contributed by atoms with van der Waals surface area (Å²) in [5.74, 6) is -0.412. The Labute approximate surface area is 153 Å². The zero-order chi connectivity index (χ0) is 19.0. The predicted octanol–water partition coefficient (Wildman–Crippen LogP) is 2.07. The van der Waals surface area contributed by atoms with Crippen LogP contribution in [-0.4, -0.2) is 38.7 Å². The molecule has 9 heteroatoms. The fourth-order valence-corrected chi connectivity index (χ4v) is 3.45. The van der Waals surface area contributed by atoms with Gasteiger partial charge in [-0.15, -0.1) is 5.10 Å². The Kier molecular flexibility index (Phi) is 4.35. The summed E-state index contributed by atoms with van der Waals surface area (Å²) >= 11 is 0. The monoisotopic (exact) mass is 371 g/mol. The number of hydrogen-bond acceptors (Lipinski definition) is 6. The minimum Gasteiger partial charge on any atom is -0.461 e. The van der Waals surface area contributed by atoms with E-state index in [1.807, 2.05) is 4.90 Å². The van der Waals surface area contributed by atoms with Gasteiger partial charge in [-0.25, -0.2) is 18.7 Å². The van der Waals surface area contributed by atoms with Gasteiger partial charge >= 0.3 is 5.97 Å². The lowest BCUT2D eigenvalue weighted by Crippen LogP contribution is -2.29. The van der Waals surface area contributed by atoms with Crippen LogP contribution in [0.1, 0.15) is 41.9 Å². The van der Waals surface area contributed by atoms with Gasteiger partial charge in [0.2, 0.25) is 0 Å². The molecule has 1 aliphatic heterocycles. The molecule has 0 saturated carbocycles. The molecular weight excluding hydrogens is 353 g/mol. The lowest BCUT2D eigenvalue weighted by Gasteiger charge is -2.25. The highest BCUT2D eigenvalue weighted by molar-refractivity contribution is 5.88. The number of nitrogens with one attached hydrogen (secondary N) is 1. The number of aromatic nitrogens is 4. The SMILES string of the molecule is CCOC(=O)c1cnc2ccc(N3CCCC3c3cc(F)c[nH]c3=O)nn12. The number of ether oxygens (including phenoxy) is 1. The number of hydrogen-bond donors (Lipinski definition) is 1. The fraction of sp³-hybridized carbons (Fsp3) is 0.333. The molecule has 4 heterocycles. The molecule has 0 spiro atoms. The summed E-state index contributed by atoms with van der Waals surface area (Å²) in [5, 5.41) is 4.52. The molecule has 1 fully saturated rings. The van der Waals surface area contributed by atoms with E-state index in [0.29, 0.717) is 30.0 Å². The first-order valence-corrected chi connectivity index (χ1v) is 8.75. The highest BCUT2D eigenvalue weighted by Gasteiger charge is 2.30. The molecule has 27 heavy (non-hydrogen) atoms. The molecular formula is C18H18FN5O3. The van der Waals surface area contributed by atoms with Crippen molar-refractivity contribution in [2.24, 2.45) is 0 Å². The molecule has 1 N–H and O–H groups in total. The average molecular weight is 371 g/mol. The lowest BCUT2D eigenvalue weighted by molar-refractivity contribution is 0.0517. The first-order chi connectivity index (χ1) is 13.1. The van der Waals surface area contributed by atoms with Crippen LogP contribution in [0.25, 0.3) is 5.65 Å². The molecule has 140 valence electrons. The Hall–Kier alpha value is -3.23. The largest absolute Gasteiger partial charge is 0.461 e. The molecule has 3 aromatic heterocycles. The maximum atomic E-state index is 13.6. The number of H-pyrrole nitrogens is 1. The Morgan fingerprint density at radius 2 is 2.30 bits per heavy atom. The van der Waals surface area contributed by atoms with E-state index in [9.17, 15) is 14.0 Å². The van der Waals surface area contributed by atoms with Crippen LogP contribution in [-0.2, 0) is 4.74 Å². The van der Waals surface area contributed by atoms with Gasteiger partial charge in [0.05, 0.1) is 18.8 Å². The van der Waals surface area contributed by atoms with Gasteiger partial charge in [0, 0.05) is 18.3 Å². The van der Waals surface area contributed by atoms with Crippen LogP contribution in [0, 0.1) is 5.82 Å². The van der Waals surface area contributed by atoms with Crippen molar-refractivity contribution in [1.29, 1.82) is 0 Å². The zero-order valence-electron chi connectivity index (χ0n) is 14.7. The number of carbonyl (C=O) groups excluding carboxylic acids is 1. The Morgan fingerprint density at radius 3 is 3.11 bits per heavy atom. The van der Waals surface area contributed by atoms with Gasteiger partial charge in [0.15, 0.2) is 11.3 Å². The number of halogens is 1. The van der Waals surface area contributed by atoms with Crippen LogP contribution in [0.4, 0.5) is 10.2 Å². The fourth-order valence-electron chi connectivity index (χ4n) is 3.45. The molecule has 0 radical (unpaired) electrons. The second-order valence-corrected chi connectivity index (χ2v) is 6.28. The van der Waals surface area contributed by atoms with E-state index in [2.05, 4.69) is 15.1 Å². The predicted molar refractivity (Wildman–Crippen MR) is 95.3 cm³/mol. The Morgan fingerprint density at radius 1 is 1.44 bits per heavy atom. The number of carbonyl (C=O) groups is 1. The average Bonchev–Trinajstić information content (AvgIpc) is 3.30. The molecule has 1 unspecified atom stereocenters. The quantitative estimate of drug-likeness (QED) is 0.706. The van der Waals surface area contributed by atoms with Gasteiger partial charge in [-0.3, -0.25) is 4.79 Å². The van der Waals surface area contributed by atoms with E-state index in [4.69, 9.17) is 4.74 Å². The molecule has 4 rings (SSSR count). The molecule has 8 nitrogen and oxygen atoms in total. The number of rotatable bonds is 4. The van der Waals surface area contributed by atoms with E-state index >= 15 is 0 Å². The second kappa shape index (κ2) is 6.82. The van der Waals surface area contributed by atoms with Crippen LogP contribution in [0.2, 0.25) is 0 Å². The summed E-state index contributed by atoms with van der Waals surface area (Å²) in [6.07, 6.45) is 4.02. The summed E-state index contributed by atoms with van der Waals surface area (Å²) in [6, 6.07) is 4.50. The summed E-state index contributed by atoms with van der Waals surface area (Å²) in [6.45, 7) is 2.65. The topological polar surface area (TPSA) is 92.6 Å². The van der Waals surface area contributed by atoms with E-state index in [0.717, 1.165) is 12.6 Å². The van der Waals surface area contributed by atoms with Gasteiger partial charge in [-0.2, -0.15) is 0 Å². The molecule has 3 aromatic rings. The van der Waals surface area contributed by atoms with Crippen LogP contribution >= 0.6 is 0 Å². The number of imidazole rings is 1. The van der Waals surface area contributed by atoms with Crippen molar-refractivity contribution in [2.45, 2.75) is 25.8 Å². The van der Waals surface area contributed by atoms with Gasteiger partial charge in [-0.1, -0.05) is 0 Å². The summed E-state index contributed by atoms with van der Waals surface area (Å²) < 4.78 is 20.1. The third kappa shape index (κ3) is 3.05. The van der Waals surface area contributed by atoms with Crippen molar-refractivity contribution in [1.82, 2.24) is 19.6 Å². The minimum absolute atomic E-state index is 0.230. The highest BCUT2D eigenvalue weighted by Crippen LogP contribution is 2.34. The van der Waals surface area contributed by atoms with E-state index in [1.54, 1.807) is 19.1 Å². The summed E-state index contributed by atoms with van der Waals surface area (Å²) in [5.41, 5.74) is 0.795. The summed E-state index contributed by atoms with van der Waals surface area (Å²) in [7, 11) is 0. The lowest BCUT2D eigenvalue weighted by atomic mass is 10.1. The van der Waals surface area contributed by atoms with Crippen molar-refractivity contribution in [3.8, 4) is 0 Å². The van der Waals surface area contributed by atoms with Gasteiger partial charge in [-0.05, 0) is 38.0 Å². The van der Waals surface area contributed by atoms with Crippen LogP contribution in [0.5, 0.6) is 0 Å². The Bertz CT molecular complexity index is 1060. The molecule has 1 saturated heterocycles. The third-order valence-corrected chi connectivity index (χ3v) is 4.64. The second-order valence-electron chi connectivity index (χ2n) is 6.28. The number of esters is 1. The normalized spacial score (nSPS) is 16.8. The van der Waals surface area contributed by atoms with Crippen LogP contribution in [0.15, 0.2) is 35.4 Å². The smallest absolute Gasteiger partial charge is 0.358 e. The first-order valence-electron chi connectivity index (χ1n) is 8.75. The highest BCUT2D eigenvalue weighted by atomic mass is 19.1. The standard InChI is InChI=1S/C18H18FN5O3/c1-2-27-18(26)14-10-20-15-5-6-16(22-24(14)15)23-7-3-4-13(23)12-8-11(19)9-21-17(12)25/h5-6,8-10,13H,2-4,7H2,1H3,(H,21,25). The number of fused-ring (bicyclic) bond motifs is 1. The molecule has 1 atom stereocenters. The van der Waals surface area contributed by atoms with Gasteiger partial charge < -0.3 is 14.6 Å². The first kappa shape index (κ1) is 17.2. The number of anilines is 1. The van der Waals surface area contributed by atoms with Gasteiger partial charge in [0.1, 0.15) is 11.6 Å². The Balaban J connectivity index is 1.74. The molecule has 1 aliphatic rings. The zero-order valence-corrected chi connectivity index (χ0v) is 14.7. The maximum absolute atomic E-state index is 13.6. The number of pyridine rings is 1. The van der Waals surface area contributed by atoms with Crippen molar-refractivity contribution in [3.05, 3.63) is 58.0 Å². The van der Waals surface area contributed by atoms with E-state index in [-0.39, 0.29) is 23.9 Å². The van der Waals surface area contributed by atoms with E-state index in [1.165, 1.54) is 16.8 Å². The maximum Gasteiger partial charge on any atom is 0.358 e. The third-order valence-electron chi connectivity index (χ3n) is 4.64. The minimum atomic E-state index is -0.505. The number of nitrogens with zero attached hydrogens (tertiary/aromatic N) is 4. The molecule has 0 aromatic carbocycles. The van der Waals surface area contributed by atoms with Crippen molar-refractivity contribution >= 4 is 17.4 Å². The molecule has 0 bridgehead atoms. The number of aromatic amines is 1. The van der Waals surface area contributed by atoms with Gasteiger partial charge in [0.25, 0.3) is 5.56 Å². The van der Waals surface area contributed by atoms with Crippen molar-refractivity contribution < 1.29 is 13.9 Å². The van der Waals surface area contributed by atoms with Crippen LogP contribution in [0.3, 0.4) is 0 Å². The van der Waals surface area contributed by atoms with Crippen LogP contribution < -0.4 is 10.5 Å². The summed E-state index contributed by atoms with van der Waals surface area (Å²) in [4.78, 5) is 32.8. The molecule has 0 amide bonds. The van der Waals surface area contributed by atoms with E-state index < -0.39 is 11.8 Å². The van der Waals surface area contributed by atoms with Crippen molar-refractivity contribution in [3.63, 3.8) is 0 Å². The molecule has 0 aliphatic carbocycles. The van der Waals surface area contributed by atoms with Crippen molar-refractivity contribution in [2.75, 3.05) is 18.1 Å².